The van der Waals surface area contributed by atoms with Crippen LogP contribution in [0.4, 0.5) is 4.39 Å². The van der Waals surface area contributed by atoms with Gasteiger partial charge in [0.2, 0.25) is 15.9 Å². The number of carbonyl (C=O) groups excluding carboxylic acids is 1. The highest BCUT2D eigenvalue weighted by Crippen LogP contribution is 2.31. The molecular weight excluding hydrogens is 367 g/mol. The minimum Gasteiger partial charge on any atom is -0.342 e. The molecule has 150 valence electrons. The number of benzene rings is 1. The van der Waals surface area contributed by atoms with E-state index in [4.69, 9.17) is 0 Å². The maximum atomic E-state index is 13.9. The molecule has 7 heteroatoms. The number of piperidine rings is 1. The van der Waals surface area contributed by atoms with Crippen molar-refractivity contribution < 1.29 is 17.6 Å². The fraction of sp³-hybridized carbons (Fsp3) is 0.650. The average Bonchev–Trinajstić information content (AvgIpc) is 2.67. The lowest BCUT2D eigenvalue weighted by molar-refractivity contribution is -0.139. The van der Waals surface area contributed by atoms with Crippen LogP contribution in [-0.4, -0.2) is 49.7 Å². The third-order valence-corrected chi connectivity index (χ3v) is 8.10. The highest BCUT2D eigenvalue weighted by molar-refractivity contribution is 7.89. The Labute approximate surface area is 161 Å². The van der Waals surface area contributed by atoms with Crippen molar-refractivity contribution >= 4 is 15.9 Å². The van der Waals surface area contributed by atoms with Crippen LogP contribution >= 0.6 is 0 Å². The summed E-state index contributed by atoms with van der Waals surface area (Å²) >= 11 is 0. The van der Waals surface area contributed by atoms with Gasteiger partial charge >= 0.3 is 0 Å². The average molecular weight is 397 g/mol. The minimum atomic E-state index is -3.86. The molecule has 1 aromatic carbocycles. The Kier molecular flexibility index (Phi) is 6.21. The Morgan fingerprint density at radius 3 is 2.37 bits per heavy atom. The molecule has 0 bridgehead atoms. The summed E-state index contributed by atoms with van der Waals surface area (Å²) in [7, 11) is -1.97. The van der Waals surface area contributed by atoms with E-state index in [-0.39, 0.29) is 35.9 Å². The number of hydrogen-bond acceptors (Lipinski definition) is 3. The van der Waals surface area contributed by atoms with Crippen molar-refractivity contribution in [1.29, 1.82) is 0 Å². The lowest BCUT2D eigenvalue weighted by atomic mass is 9.84. The van der Waals surface area contributed by atoms with Crippen LogP contribution < -0.4 is 0 Å². The number of halogens is 1. The summed E-state index contributed by atoms with van der Waals surface area (Å²) in [6.07, 6.45) is 5.55. The molecule has 1 aromatic rings. The van der Waals surface area contributed by atoms with E-state index >= 15 is 0 Å². The van der Waals surface area contributed by atoms with E-state index in [0.717, 1.165) is 25.3 Å². The Bertz CT molecular complexity index is 775. The molecule has 2 unspecified atom stereocenters. The molecule has 0 spiro atoms. The number of hydrogen-bond donors (Lipinski definition) is 0. The normalized spacial score (nSPS) is 25.3. The zero-order chi connectivity index (χ0) is 19.6. The summed E-state index contributed by atoms with van der Waals surface area (Å²) in [6.45, 7) is 2.71. The lowest BCUT2D eigenvalue weighted by Crippen LogP contribution is -2.48. The maximum absolute atomic E-state index is 13.9. The number of amides is 1. The van der Waals surface area contributed by atoms with Crippen LogP contribution in [0.3, 0.4) is 0 Å². The van der Waals surface area contributed by atoms with Crippen molar-refractivity contribution in [3.8, 4) is 0 Å². The second-order valence-electron chi connectivity index (χ2n) is 7.89. The van der Waals surface area contributed by atoms with Crippen molar-refractivity contribution in [3.63, 3.8) is 0 Å². The van der Waals surface area contributed by atoms with E-state index in [1.54, 1.807) is 0 Å². The predicted molar refractivity (Wildman–Crippen MR) is 102 cm³/mol. The summed E-state index contributed by atoms with van der Waals surface area (Å²) in [5.41, 5.74) is 0. The second kappa shape index (κ2) is 8.27. The molecule has 0 N–H and O–H groups in total. The van der Waals surface area contributed by atoms with Crippen molar-refractivity contribution in [3.05, 3.63) is 30.1 Å². The number of rotatable bonds is 4. The van der Waals surface area contributed by atoms with Gasteiger partial charge in [0.25, 0.3) is 0 Å². The van der Waals surface area contributed by atoms with Gasteiger partial charge in [-0.15, -0.1) is 0 Å². The van der Waals surface area contributed by atoms with Gasteiger partial charge in [-0.05, 0) is 43.7 Å². The summed E-state index contributed by atoms with van der Waals surface area (Å²) in [4.78, 5) is 14.5. The number of nitrogens with zero attached hydrogens (tertiary/aromatic N) is 2. The minimum absolute atomic E-state index is 0.122. The van der Waals surface area contributed by atoms with Gasteiger partial charge in [0, 0.05) is 32.1 Å². The van der Waals surface area contributed by atoms with Gasteiger partial charge in [-0.1, -0.05) is 31.9 Å². The van der Waals surface area contributed by atoms with Crippen LogP contribution in [0.5, 0.6) is 0 Å². The topological polar surface area (TPSA) is 57.7 Å². The zero-order valence-electron chi connectivity index (χ0n) is 16.1. The van der Waals surface area contributed by atoms with E-state index in [9.17, 15) is 17.6 Å². The smallest absolute Gasteiger partial charge is 0.245 e. The fourth-order valence-electron chi connectivity index (χ4n) is 4.46. The summed E-state index contributed by atoms with van der Waals surface area (Å²) in [5.74, 6) is -0.260. The van der Waals surface area contributed by atoms with Crippen LogP contribution in [0.25, 0.3) is 0 Å². The molecule has 3 rings (SSSR count). The zero-order valence-corrected chi connectivity index (χ0v) is 16.9. The maximum Gasteiger partial charge on any atom is 0.245 e. The molecule has 2 fully saturated rings. The molecule has 5 nitrogen and oxygen atoms in total. The molecule has 1 aliphatic heterocycles. The molecule has 0 radical (unpaired) electrons. The Morgan fingerprint density at radius 1 is 1.11 bits per heavy atom. The monoisotopic (exact) mass is 396 g/mol. The van der Waals surface area contributed by atoms with E-state index in [2.05, 4.69) is 6.92 Å². The lowest BCUT2D eigenvalue weighted by Gasteiger charge is -2.39. The van der Waals surface area contributed by atoms with Gasteiger partial charge in [-0.3, -0.25) is 4.79 Å². The quantitative estimate of drug-likeness (QED) is 0.785. The molecule has 1 heterocycles. The van der Waals surface area contributed by atoms with Crippen molar-refractivity contribution in [1.82, 2.24) is 9.21 Å². The van der Waals surface area contributed by atoms with Crippen LogP contribution in [-0.2, 0) is 14.8 Å². The van der Waals surface area contributed by atoms with Gasteiger partial charge in [-0.25, -0.2) is 12.8 Å². The standard InChI is InChI=1S/C20H29FN2O3S/c1-15-7-3-5-9-18(15)22(2)20(24)16-11-13-23(14-12-16)27(25,26)19-10-6-4-8-17(19)21/h4,6,8,10,15-16,18H,3,5,7,9,11-14H2,1-2H3. The van der Waals surface area contributed by atoms with Gasteiger partial charge in [-0.2, -0.15) is 4.31 Å². The SMILES string of the molecule is CC1CCCCC1N(C)C(=O)C1CCN(S(=O)(=O)c2ccccc2F)CC1. The summed E-state index contributed by atoms with van der Waals surface area (Å²) in [5, 5.41) is 0. The third-order valence-electron chi connectivity index (χ3n) is 6.17. The highest BCUT2D eigenvalue weighted by atomic mass is 32.2. The number of sulfonamides is 1. The van der Waals surface area contributed by atoms with E-state index < -0.39 is 15.8 Å². The fourth-order valence-corrected chi connectivity index (χ4v) is 5.99. The molecule has 2 atom stereocenters. The first-order chi connectivity index (χ1) is 12.8. The number of carbonyl (C=O) groups is 1. The molecule has 27 heavy (non-hydrogen) atoms. The molecular formula is C20H29FN2O3S. The van der Waals surface area contributed by atoms with Gasteiger partial charge in [0.05, 0.1) is 0 Å². The molecule has 0 aromatic heterocycles. The van der Waals surface area contributed by atoms with E-state index in [1.165, 1.54) is 28.9 Å². The third kappa shape index (κ3) is 4.19. The van der Waals surface area contributed by atoms with Gasteiger partial charge in [0.1, 0.15) is 10.7 Å². The molecule has 1 amide bonds. The van der Waals surface area contributed by atoms with Crippen LogP contribution in [0.15, 0.2) is 29.2 Å². The van der Waals surface area contributed by atoms with Gasteiger partial charge in [0.15, 0.2) is 0 Å². The van der Waals surface area contributed by atoms with Crippen LogP contribution in [0.1, 0.15) is 45.4 Å². The molecule has 1 aliphatic carbocycles. The van der Waals surface area contributed by atoms with Crippen molar-refractivity contribution in [2.75, 3.05) is 20.1 Å². The molecule has 1 saturated carbocycles. The Balaban J connectivity index is 1.63. The molecule has 1 saturated heterocycles. The van der Waals surface area contributed by atoms with E-state index in [1.807, 2.05) is 11.9 Å². The van der Waals surface area contributed by atoms with Crippen LogP contribution in [0, 0.1) is 17.7 Å². The molecule has 2 aliphatic rings. The first-order valence-electron chi connectivity index (χ1n) is 9.83. The summed E-state index contributed by atoms with van der Waals surface area (Å²) in [6, 6.07) is 5.73. The van der Waals surface area contributed by atoms with Crippen molar-refractivity contribution in [2.24, 2.45) is 11.8 Å². The summed E-state index contributed by atoms with van der Waals surface area (Å²) < 4.78 is 40.6. The second-order valence-corrected chi connectivity index (χ2v) is 9.79. The predicted octanol–water partition coefficient (Wildman–Crippen LogP) is 3.26. The first-order valence-corrected chi connectivity index (χ1v) is 11.3. The Morgan fingerprint density at radius 2 is 1.74 bits per heavy atom. The first kappa shape index (κ1) is 20.3. The Hall–Kier alpha value is -1.47. The van der Waals surface area contributed by atoms with E-state index in [0.29, 0.717) is 18.8 Å². The van der Waals surface area contributed by atoms with Crippen LogP contribution in [0.2, 0.25) is 0 Å². The largest absolute Gasteiger partial charge is 0.342 e. The van der Waals surface area contributed by atoms with Crippen molar-refractivity contribution in [2.45, 2.75) is 56.4 Å². The van der Waals surface area contributed by atoms with Gasteiger partial charge < -0.3 is 4.90 Å². The highest BCUT2D eigenvalue weighted by Gasteiger charge is 2.36.